The molecule has 1 aromatic heterocycles. The van der Waals surface area contributed by atoms with Crippen LogP contribution in [0.1, 0.15) is 35.4 Å². The van der Waals surface area contributed by atoms with Crippen molar-refractivity contribution in [2.75, 3.05) is 7.11 Å². The molecule has 4 nitrogen and oxygen atoms in total. The third-order valence-electron chi connectivity index (χ3n) is 4.83. The highest BCUT2D eigenvalue weighted by Crippen LogP contribution is 2.48. The van der Waals surface area contributed by atoms with Gasteiger partial charge >= 0.3 is 6.18 Å². The summed E-state index contributed by atoms with van der Waals surface area (Å²) in [5.74, 6) is 0.847. The molecule has 0 aliphatic heterocycles. The third kappa shape index (κ3) is 3.47. The maximum atomic E-state index is 12.7. The van der Waals surface area contributed by atoms with Crippen molar-refractivity contribution in [1.29, 1.82) is 0 Å². The summed E-state index contributed by atoms with van der Waals surface area (Å²) in [6.07, 6.45) is -2.19. The van der Waals surface area contributed by atoms with Crippen molar-refractivity contribution in [3.8, 4) is 11.5 Å². The van der Waals surface area contributed by atoms with Crippen molar-refractivity contribution >= 4 is 0 Å². The van der Waals surface area contributed by atoms with Crippen LogP contribution in [0.2, 0.25) is 0 Å². The van der Waals surface area contributed by atoms with E-state index in [0.29, 0.717) is 18.2 Å². The Balaban J connectivity index is 1.60. The lowest BCUT2D eigenvalue weighted by molar-refractivity contribution is -0.137. The van der Waals surface area contributed by atoms with E-state index in [-0.39, 0.29) is 0 Å². The zero-order valence-electron chi connectivity index (χ0n) is 14.6. The van der Waals surface area contributed by atoms with Gasteiger partial charge in [-0.25, -0.2) is 0 Å². The van der Waals surface area contributed by atoms with Crippen molar-refractivity contribution in [3.05, 3.63) is 71.1 Å². The van der Waals surface area contributed by atoms with E-state index in [1.165, 1.54) is 12.1 Å². The number of rotatable bonds is 5. The van der Waals surface area contributed by atoms with Gasteiger partial charge in [-0.1, -0.05) is 30.3 Å². The first-order valence-corrected chi connectivity index (χ1v) is 8.55. The Morgan fingerprint density at radius 2 is 1.74 bits per heavy atom. The number of benzene rings is 2. The molecule has 1 aliphatic rings. The van der Waals surface area contributed by atoms with Crippen LogP contribution in [0, 0.1) is 0 Å². The highest BCUT2D eigenvalue weighted by molar-refractivity contribution is 5.59. The number of hydrogen-bond donors (Lipinski definition) is 0. The van der Waals surface area contributed by atoms with Gasteiger partial charge in [-0.05, 0) is 48.6 Å². The van der Waals surface area contributed by atoms with E-state index < -0.39 is 17.3 Å². The monoisotopic (exact) mass is 374 g/mol. The number of alkyl halides is 3. The van der Waals surface area contributed by atoms with E-state index in [1.54, 1.807) is 7.11 Å². The molecule has 0 spiro atoms. The first kappa shape index (κ1) is 17.7. The maximum absolute atomic E-state index is 12.7. The second-order valence-corrected chi connectivity index (χ2v) is 6.64. The molecule has 27 heavy (non-hydrogen) atoms. The van der Waals surface area contributed by atoms with Crippen LogP contribution >= 0.6 is 0 Å². The fraction of sp³-hybridized carbons (Fsp3) is 0.300. The predicted molar refractivity (Wildman–Crippen MR) is 91.9 cm³/mol. The van der Waals surface area contributed by atoms with Crippen LogP contribution in [-0.2, 0) is 22.9 Å². The minimum absolute atomic E-state index is 0.385. The molecule has 3 aromatic rings. The number of nitrogens with zero attached hydrogens (tertiary/aromatic N) is 2. The fourth-order valence-corrected chi connectivity index (χ4v) is 3.05. The van der Waals surface area contributed by atoms with E-state index >= 15 is 0 Å². The molecule has 7 heteroatoms. The van der Waals surface area contributed by atoms with Crippen molar-refractivity contribution in [1.82, 2.24) is 10.2 Å². The molecule has 1 aliphatic carbocycles. The smallest absolute Gasteiger partial charge is 0.416 e. The summed E-state index contributed by atoms with van der Waals surface area (Å²) in [6, 6.07) is 12.7. The van der Waals surface area contributed by atoms with Crippen molar-refractivity contribution < 1.29 is 22.3 Å². The SMILES string of the molecule is COC1(c2nnc(-c3ccccc3Cc3ccc(C(F)(F)F)cc3)o2)CC1. The predicted octanol–water partition coefficient (Wildman–Crippen LogP) is 4.98. The Morgan fingerprint density at radius 3 is 2.37 bits per heavy atom. The first-order chi connectivity index (χ1) is 12.9. The average molecular weight is 374 g/mol. The Hall–Kier alpha value is -2.67. The van der Waals surface area contributed by atoms with Crippen LogP contribution < -0.4 is 0 Å². The lowest BCUT2D eigenvalue weighted by Crippen LogP contribution is -2.08. The highest BCUT2D eigenvalue weighted by atomic mass is 19.4. The summed E-state index contributed by atoms with van der Waals surface area (Å²) in [6.45, 7) is 0. The molecule has 2 aromatic carbocycles. The minimum Gasteiger partial charge on any atom is -0.418 e. The number of hydrogen-bond acceptors (Lipinski definition) is 4. The normalized spacial score (nSPS) is 15.7. The summed E-state index contributed by atoms with van der Waals surface area (Å²) in [7, 11) is 1.62. The maximum Gasteiger partial charge on any atom is 0.416 e. The van der Waals surface area contributed by atoms with Gasteiger partial charge in [0.15, 0.2) is 0 Å². The van der Waals surface area contributed by atoms with Gasteiger partial charge in [-0.3, -0.25) is 0 Å². The van der Waals surface area contributed by atoms with Gasteiger partial charge in [0, 0.05) is 12.7 Å². The van der Waals surface area contributed by atoms with Crippen LogP contribution in [0.25, 0.3) is 11.5 Å². The van der Waals surface area contributed by atoms with E-state index in [1.807, 2.05) is 24.3 Å². The summed E-state index contributed by atoms with van der Waals surface area (Å²) >= 11 is 0. The minimum atomic E-state index is -4.34. The largest absolute Gasteiger partial charge is 0.418 e. The van der Waals surface area contributed by atoms with E-state index in [4.69, 9.17) is 9.15 Å². The average Bonchev–Trinajstić information content (AvgIpc) is 3.30. The Kier molecular flexibility index (Phi) is 4.26. The number of methoxy groups -OCH3 is 1. The van der Waals surface area contributed by atoms with Crippen LogP contribution in [0.3, 0.4) is 0 Å². The van der Waals surface area contributed by atoms with Gasteiger partial charge in [-0.2, -0.15) is 13.2 Å². The standard InChI is InChI=1S/C20H17F3N2O2/c1-26-19(10-11-19)18-25-24-17(27-18)16-5-3-2-4-14(16)12-13-6-8-15(9-7-13)20(21,22)23/h2-9H,10-12H2,1H3. The number of ether oxygens (including phenoxy) is 1. The lowest BCUT2D eigenvalue weighted by Gasteiger charge is -2.10. The summed E-state index contributed by atoms with van der Waals surface area (Å²) in [5.41, 5.74) is 1.31. The van der Waals surface area contributed by atoms with Crippen LogP contribution in [0.4, 0.5) is 13.2 Å². The molecule has 0 N–H and O–H groups in total. The van der Waals surface area contributed by atoms with Gasteiger partial charge in [0.25, 0.3) is 0 Å². The number of aromatic nitrogens is 2. The van der Waals surface area contributed by atoms with E-state index in [9.17, 15) is 13.2 Å². The molecule has 0 atom stereocenters. The van der Waals surface area contributed by atoms with Gasteiger partial charge < -0.3 is 9.15 Å². The van der Waals surface area contributed by atoms with Crippen LogP contribution in [0.15, 0.2) is 52.9 Å². The topological polar surface area (TPSA) is 48.2 Å². The molecule has 1 saturated carbocycles. The molecule has 140 valence electrons. The Labute approximate surface area is 154 Å². The van der Waals surface area contributed by atoms with Crippen LogP contribution in [-0.4, -0.2) is 17.3 Å². The zero-order valence-corrected chi connectivity index (χ0v) is 14.6. The molecule has 1 heterocycles. The Bertz CT molecular complexity index is 944. The third-order valence-corrected chi connectivity index (χ3v) is 4.83. The first-order valence-electron chi connectivity index (χ1n) is 8.55. The molecular weight excluding hydrogens is 357 g/mol. The molecule has 0 bridgehead atoms. The molecule has 4 rings (SSSR count). The lowest BCUT2D eigenvalue weighted by atomic mass is 9.99. The van der Waals surface area contributed by atoms with E-state index in [0.717, 1.165) is 41.7 Å². The van der Waals surface area contributed by atoms with Gasteiger partial charge in [0.2, 0.25) is 11.8 Å². The fourth-order valence-electron chi connectivity index (χ4n) is 3.05. The quantitative estimate of drug-likeness (QED) is 0.632. The summed E-state index contributed by atoms with van der Waals surface area (Å²) in [4.78, 5) is 0. The van der Waals surface area contributed by atoms with Gasteiger partial charge in [-0.15, -0.1) is 10.2 Å². The summed E-state index contributed by atoms with van der Waals surface area (Å²) < 4.78 is 49.5. The molecule has 1 fully saturated rings. The van der Waals surface area contributed by atoms with Crippen molar-refractivity contribution in [2.45, 2.75) is 31.0 Å². The van der Waals surface area contributed by atoms with Gasteiger partial charge in [0.1, 0.15) is 5.60 Å². The molecule has 0 radical (unpaired) electrons. The highest BCUT2D eigenvalue weighted by Gasteiger charge is 2.50. The Morgan fingerprint density at radius 1 is 1.04 bits per heavy atom. The van der Waals surface area contributed by atoms with E-state index in [2.05, 4.69) is 10.2 Å². The second kappa shape index (κ2) is 6.49. The van der Waals surface area contributed by atoms with Gasteiger partial charge in [0.05, 0.1) is 5.56 Å². The van der Waals surface area contributed by atoms with Crippen LogP contribution in [0.5, 0.6) is 0 Å². The van der Waals surface area contributed by atoms with Crippen molar-refractivity contribution in [2.24, 2.45) is 0 Å². The molecule has 0 amide bonds. The molecule has 0 unspecified atom stereocenters. The summed E-state index contributed by atoms with van der Waals surface area (Å²) in [5, 5.41) is 8.26. The number of halogens is 3. The molecule has 0 saturated heterocycles. The van der Waals surface area contributed by atoms with Crippen molar-refractivity contribution in [3.63, 3.8) is 0 Å². The zero-order chi connectivity index (χ0) is 19.1. The second-order valence-electron chi connectivity index (χ2n) is 6.64. The molecular formula is C20H17F3N2O2.